The van der Waals surface area contributed by atoms with Gasteiger partial charge in [-0.3, -0.25) is 0 Å². The summed E-state index contributed by atoms with van der Waals surface area (Å²) < 4.78 is 7.54. The van der Waals surface area contributed by atoms with Crippen molar-refractivity contribution in [2.75, 3.05) is 0 Å². The van der Waals surface area contributed by atoms with Crippen LogP contribution in [0.15, 0.2) is 60.8 Å². The van der Waals surface area contributed by atoms with Crippen molar-refractivity contribution in [3.05, 3.63) is 71.9 Å². The molecule has 0 fully saturated rings. The minimum Gasteiger partial charge on any atom is -0.454 e. The van der Waals surface area contributed by atoms with Gasteiger partial charge in [0.05, 0.1) is 5.56 Å². The summed E-state index contributed by atoms with van der Waals surface area (Å²) in [5, 5.41) is 0.922. The molecule has 0 saturated heterocycles. The fraction of sp³-hybridized carbons (Fsp3) is 0.167. The summed E-state index contributed by atoms with van der Waals surface area (Å²) in [5.41, 5.74) is 2.62. The van der Waals surface area contributed by atoms with Crippen LogP contribution in [0.1, 0.15) is 28.9 Å². The number of rotatable bonds is 3. The van der Waals surface area contributed by atoms with Gasteiger partial charge in [0.25, 0.3) is 0 Å². The zero-order valence-electron chi connectivity index (χ0n) is 12.1. The highest BCUT2D eigenvalue weighted by molar-refractivity contribution is 6.04. The summed E-state index contributed by atoms with van der Waals surface area (Å²) in [6.07, 6.45) is 1.56. The van der Waals surface area contributed by atoms with Gasteiger partial charge in [-0.15, -0.1) is 0 Å². The molecule has 3 aromatic rings. The van der Waals surface area contributed by atoms with Crippen molar-refractivity contribution in [2.45, 2.75) is 13.0 Å². The molecule has 0 aliphatic rings. The average molecular weight is 279 g/mol. The maximum Gasteiger partial charge on any atom is 0.340 e. The Kier molecular flexibility index (Phi) is 3.48. The highest BCUT2D eigenvalue weighted by atomic mass is 16.5. The van der Waals surface area contributed by atoms with Crippen LogP contribution in [0.4, 0.5) is 0 Å². The number of ether oxygens (including phenoxy) is 1. The number of carbonyl (C=O) groups is 1. The lowest BCUT2D eigenvalue weighted by Crippen LogP contribution is -2.08. The molecule has 0 aliphatic heterocycles. The molecule has 0 amide bonds. The number of para-hydroxylation sites is 1. The monoisotopic (exact) mass is 279 g/mol. The molecule has 0 radical (unpaired) electrons. The molecule has 1 heterocycles. The summed E-state index contributed by atoms with van der Waals surface area (Å²) in [6.45, 7) is 1.89. The van der Waals surface area contributed by atoms with Gasteiger partial charge in [0.2, 0.25) is 0 Å². The highest BCUT2D eigenvalue weighted by Gasteiger charge is 2.18. The summed E-state index contributed by atoms with van der Waals surface area (Å²) in [6, 6.07) is 17.6. The first-order valence-electron chi connectivity index (χ1n) is 6.97. The van der Waals surface area contributed by atoms with Gasteiger partial charge in [-0.05, 0) is 18.6 Å². The van der Waals surface area contributed by atoms with Crippen molar-refractivity contribution < 1.29 is 9.53 Å². The van der Waals surface area contributed by atoms with E-state index in [1.165, 1.54) is 0 Å². The van der Waals surface area contributed by atoms with E-state index in [9.17, 15) is 4.79 Å². The number of aryl methyl sites for hydroxylation is 1. The smallest absolute Gasteiger partial charge is 0.340 e. The van der Waals surface area contributed by atoms with Gasteiger partial charge in [0.1, 0.15) is 6.10 Å². The lowest BCUT2D eigenvalue weighted by Gasteiger charge is -2.13. The summed E-state index contributed by atoms with van der Waals surface area (Å²) in [4.78, 5) is 12.4. The third-order valence-corrected chi connectivity index (χ3v) is 3.67. The Morgan fingerprint density at radius 1 is 1.05 bits per heavy atom. The largest absolute Gasteiger partial charge is 0.454 e. The van der Waals surface area contributed by atoms with Crippen LogP contribution in [0.5, 0.6) is 0 Å². The molecule has 0 bridgehead atoms. The number of carbonyl (C=O) groups excluding carboxylic acids is 1. The Hall–Kier alpha value is -2.55. The molecule has 106 valence electrons. The molecular weight excluding hydrogens is 262 g/mol. The average Bonchev–Trinajstić information content (AvgIpc) is 2.86. The molecule has 3 nitrogen and oxygen atoms in total. The lowest BCUT2D eigenvalue weighted by molar-refractivity contribution is 0.0340. The Morgan fingerprint density at radius 3 is 2.48 bits per heavy atom. The minimum absolute atomic E-state index is 0.266. The molecule has 1 aromatic heterocycles. The maximum atomic E-state index is 12.4. The number of aromatic nitrogens is 1. The predicted molar refractivity (Wildman–Crippen MR) is 83.2 cm³/mol. The van der Waals surface area contributed by atoms with Gasteiger partial charge in [-0.25, -0.2) is 4.79 Å². The van der Waals surface area contributed by atoms with Crippen molar-refractivity contribution >= 4 is 16.9 Å². The first kappa shape index (κ1) is 13.4. The van der Waals surface area contributed by atoms with E-state index in [4.69, 9.17) is 4.74 Å². The van der Waals surface area contributed by atoms with Crippen molar-refractivity contribution in [1.82, 2.24) is 4.57 Å². The van der Waals surface area contributed by atoms with E-state index in [1.807, 2.05) is 79.3 Å². The molecule has 0 saturated carbocycles. The van der Waals surface area contributed by atoms with Crippen LogP contribution in [-0.2, 0) is 11.8 Å². The van der Waals surface area contributed by atoms with E-state index in [0.717, 1.165) is 16.5 Å². The lowest BCUT2D eigenvalue weighted by atomic mass is 10.1. The van der Waals surface area contributed by atoms with Gasteiger partial charge in [0.15, 0.2) is 0 Å². The number of esters is 1. The fourth-order valence-electron chi connectivity index (χ4n) is 2.52. The normalized spacial score (nSPS) is 12.3. The van der Waals surface area contributed by atoms with E-state index in [-0.39, 0.29) is 12.1 Å². The summed E-state index contributed by atoms with van der Waals surface area (Å²) in [7, 11) is 1.93. The Labute approximate surface area is 123 Å². The molecule has 0 aliphatic carbocycles. The zero-order chi connectivity index (χ0) is 14.8. The molecule has 0 unspecified atom stereocenters. The van der Waals surface area contributed by atoms with E-state index in [0.29, 0.717) is 5.56 Å². The first-order chi connectivity index (χ1) is 10.2. The number of hydrogen-bond donors (Lipinski definition) is 0. The molecule has 3 heteroatoms. The minimum atomic E-state index is -0.289. The maximum absolute atomic E-state index is 12.4. The van der Waals surface area contributed by atoms with Crippen LogP contribution in [0.3, 0.4) is 0 Å². The van der Waals surface area contributed by atoms with Crippen LogP contribution >= 0.6 is 0 Å². The van der Waals surface area contributed by atoms with Crippen molar-refractivity contribution in [3.63, 3.8) is 0 Å². The summed E-state index contributed by atoms with van der Waals surface area (Å²) in [5.74, 6) is -0.289. The number of hydrogen-bond acceptors (Lipinski definition) is 2. The van der Waals surface area contributed by atoms with Gasteiger partial charge in [0, 0.05) is 24.1 Å². The van der Waals surface area contributed by atoms with Crippen LogP contribution in [0.25, 0.3) is 10.9 Å². The van der Waals surface area contributed by atoms with Crippen molar-refractivity contribution in [2.24, 2.45) is 7.05 Å². The summed E-state index contributed by atoms with van der Waals surface area (Å²) >= 11 is 0. The highest BCUT2D eigenvalue weighted by Crippen LogP contribution is 2.24. The van der Waals surface area contributed by atoms with Crippen molar-refractivity contribution in [3.8, 4) is 0 Å². The molecular formula is C18H17NO2. The van der Waals surface area contributed by atoms with Crippen molar-refractivity contribution in [1.29, 1.82) is 0 Å². The Morgan fingerprint density at radius 2 is 1.71 bits per heavy atom. The van der Waals surface area contributed by atoms with E-state index < -0.39 is 0 Å². The quantitative estimate of drug-likeness (QED) is 0.676. The SMILES string of the molecule is C[C@@H](OC(=O)c1cn(C)c2ccccc12)c1ccccc1. The number of fused-ring (bicyclic) bond motifs is 1. The van der Waals surface area contributed by atoms with Gasteiger partial charge >= 0.3 is 5.97 Å². The zero-order valence-corrected chi connectivity index (χ0v) is 12.1. The van der Waals surface area contributed by atoms with Gasteiger partial charge in [-0.2, -0.15) is 0 Å². The Bertz CT molecular complexity index is 774. The number of nitrogens with zero attached hydrogens (tertiary/aromatic N) is 1. The molecule has 0 N–H and O–H groups in total. The molecule has 21 heavy (non-hydrogen) atoms. The molecule has 2 aromatic carbocycles. The van der Waals surface area contributed by atoms with E-state index >= 15 is 0 Å². The molecule has 3 rings (SSSR count). The van der Waals surface area contributed by atoms with Crippen LogP contribution in [0.2, 0.25) is 0 Å². The van der Waals surface area contributed by atoms with Crippen LogP contribution < -0.4 is 0 Å². The molecule has 0 spiro atoms. The predicted octanol–water partition coefficient (Wildman–Crippen LogP) is 4.10. The van der Waals surface area contributed by atoms with Crippen LogP contribution in [0, 0.1) is 0 Å². The Balaban J connectivity index is 1.88. The second-order valence-corrected chi connectivity index (χ2v) is 5.13. The number of benzene rings is 2. The first-order valence-corrected chi connectivity index (χ1v) is 6.97. The van der Waals surface area contributed by atoms with Gasteiger partial charge in [-0.1, -0.05) is 48.5 Å². The van der Waals surface area contributed by atoms with E-state index in [1.54, 1.807) is 0 Å². The fourth-order valence-corrected chi connectivity index (χ4v) is 2.52. The molecule has 1 atom stereocenters. The second kappa shape index (κ2) is 5.44. The third-order valence-electron chi connectivity index (χ3n) is 3.67. The third kappa shape index (κ3) is 2.55. The van der Waals surface area contributed by atoms with Gasteiger partial charge < -0.3 is 9.30 Å². The topological polar surface area (TPSA) is 31.2 Å². The van der Waals surface area contributed by atoms with Crippen LogP contribution in [-0.4, -0.2) is 10.5 Å². The van der Waals surface area contributed by atoms with E-state index in [2.05, 4.69) is 0 Å². The second-order valence-electron chi connectivity index (χ2n) is 5.13. The standard InChI is InChI=1S/C18H17NO2/c1-13(14-8-4-3-5-9-14)21-18(20)16-12-19(2)17-11-7-6-10-15(16)17/h3-13H,1-2H3/t13-/m1/s1.